The van der Waals surface area contributed by atoms with E-state index in [0.29, 0.717) is 6.54 Å². The average Bonchev–Trinajstić information content (AvgIpc) is 2.33. The Morgan fingerprint density at radius 3 is 2.64 bits per heavy atom. The van der Waals surface area contributed by atoms with Crippen LogP contribution in [0.4, 0.5) is 0 Å². The highest BCUT2D eigenvalue weighted by atomic mass is 16.2. The number of allylic oxidation sites excluding steroid dienone is 1. The molecule has 0 aromatic carbocycles. The minimum absolute atomic E-state index is 0.0694. The second kappa shape index (κ2) is 2.86. The van der Waals surface area contributed by atoms with Crippen molar-refractivity contribution in [3.63, 3.8) is 0 Å². The van der Waals surface area contributed by atoms with Gasteiger partial charge in [-0.2, -0.15) is 0 Å². The van der Waals surface area contributed by atoms with Crippen LogP contribution in [0.2, 0.25) is 0 Å². The molecule has 3 nitrogen and oxygen atoms in total. The van der Waals surface area contributed by atoms with Crippen LogP contribution in [-0.4, -0.2) is 37.7 Å². The molecule has 0 saturated carbocycles. The zero-order chi connectivity index (χ0) is 8.43. The average molecular weight is 152 g/mol. The van der Waals surface area contributed by atoms with Gasteiger partial charge in [-0.25, -0.2) is 0 Å². The van der Waals surface area contributed by atoms with Gasteiger partial charge >= 0.3 is 0 Å². The van der Waals surface area contributed by atoms with Gasteiger partial charge in [0.15, 0.2) is 0 Å². The maximum atomic E-state index is 11.3. The number of hydrogen-bond acceptors (Lipinski definition) is 2. The van der Waals surface area contributed by atoms with E-state index in [-0.39, 0.29) is 5.91 Å². The predicted molar refractivity (Wildman–Crippen MR) is 44.8 cm³/mol. The van der Waals surface area contributed by atoms with Crippen LogP contribution in [0.5, 0.6) is 0 Å². The lowest BCUT2D eigenvalue weighted by Gasteiger charge is -2.10. The minimum atomic E-state index is 0.0694. The lowest BCUT2D eigenvalue weighted by molar-refractivity contribution is -0.124. The summed E-state index contributed by atoms with van der Waals surface area (Å²) >= 11 is 0. The van der Waals surface area contributed by atoms with Gasteiger partial charge in [-0.05, 0) is 12.5 Å². The van der Waals surface area contributed by atoms with E-state index in [1.165, 1.54) is 0 Å². The summed E-state index contributed by atoms with van der Waals surface area (Å²) in [5.41, 5.74) is 1.80. The third-order valence-corrected chi connectivity index (χ3v) is 1.67. The standard InChI is InChI=1S/C8H12N2O/c1-6-4-9-5-7(6)8(11)10(2)3/h4H,5H2,1-3H3. The molecule has 0 spiro atoms. The molecular weight excluding hydrogens is 140 g/mol. The number of rotatable bonds is 1. The number of aliphatic imine (C=N–C) groups is 1. The van der Waals surface area contributed by atoms with E-state index in [2.05, 4.69) is 4.99 Å². The van der Waals surface area contributed by atoms with E-state index in [4.69, 9.17) is 0 Å². The van der Waals surface area contributed by atoms with Crippen LogP contribution >= 0.6 is 0 Å². The van der Waals surface area contributed by atoms with Crippen molar-refractivity contribution in [3.8, 4) is 0 Å². The van der Waals surface area contributed by atoms with Crippen LogP contribution in [0.1, 0.15) is 6.92 Å². The van der Waals surface area contributed by atoms with Gasteiger partial charge in [0.1, 0.15) is 0 Å². The van der Waals surface area contributed by atoms with Crippen LogP contribution < -0.4 is 0 Å². The molecule has 0 atom stereocenters. The quantitative estimate of drug-likeness (QED) is 0.537. The van der Waals surface area contributed by atoms with Gasteiger partial charge in [0, 0.05) is 25.9 Å². The molecule has 1 aliphatic rings. The second-order valence-corrected chi connectivity index (χ2v) is 2.83. The summed E-state index contributed by atoms with van der Waals surface area (Å²) in [4.78, 5) is 16.9. The van der Waals surface area contributed by atoms with E-state index in [9.17, 15) is 4.79 Å². The molecule has 0 radical (unpaired) electrons. The molecule has 0 fully saturated rings. The monoisotopic (exact) mass is 152 g/mol. The van der Waals surface area contributed by atoms with Crippen molar-refractivity contribution in [2.24, 2.45) is 4.99 Å². The van der Waals surface area contributed by atoms with E-state index in [0.717, 1.165) is 11.1 Å². The Hall–Kier alpha value is -1.12. The summed E-state index contributed by atoms with van der Waals surface area (Å²) in [6.45, 7) is 2.45. The maximum Gasteiger partial charge on any atom is 0.251 e. The van der Waals surface area contributed by atoms with Crippen molar-refractivity contribution in [3.05, 3.63) is 11.1 Å². The van der Waals surface area contributed by atoms with Crippen molar-refractivity contribution in [1.29, 1.82) is 0 Å². The summed E-state index contributed by atoms with van der Waals surface area (Å²) in [5.74, 6) is 0.0694. The van der Waals surface area contributed by atoms with Crippen molar-refractivity contribution < 1.29 is 4.79 Å². The topological polar surface area (TPSA) is 32.7 Å². The number of nitrogens with zero attached hydrogens (tertiary/aromatic N) is 2. The SMILES string of the molecule is CC1=C(C(=O)N(C)C)CN=C1. The fourth-order valence-corrected chi connectivity index (χ4v) is 0.983. The number of carbonyl (C=O) groups excluding carboxylic acids is 1. The predicted octanol–water partition coefficient (Wildman–Crippen LogP) is 0.476. The highest BCUT2D eigenvalue weighted by Crippen LogP contribution is 2.10. The van der Waals surface area contributed by atoms with Crippen molar-refractivity contribution in [2.75, 3.05) is 20.6 Å². The Balaban J connectivity index is 2.78. The molecular formula is C8H12N2O. The zero-order valence-electron chi connectivity index (χ0n) is 7.09. The molecule has 0 bridgehead atoms. The Morgan fingerprint density at radius 1 is 1.64 bits per heavy atom. The largest absolute Gasteiger partial charge is 0.345 e. The molecule has 3 heteroatoms. The molecule has 0 aliphatic carbocycles. The molecule has 60 valence electrons. The first kappa shape index (κ1) is 7.98. The summed E-state index contributed by atoms with van der Waals surface area (Å²) in [5, 5.41) is 0. The van der Waals surface area contributed by atoms with Crippen molar-refractivity contribution in [1.82, 2.24) is 4.90 Å². The summed E-state index contributed by atoms with van der Waals surface area (Å²) in [7, 11) is 3.50. The van der Waals surface area contributed by atoms with Crippen molar-refractivity contribution >= 4 is 12.1 Å². The van der Waals surface area contributed by atoms with Gasteiger partial charge in [0.25, 0.3) is 5.91 Å². The summed E-state index contributed by atoms with van der Waals surface area (Å²) in [6, 6.07) is 0. The third-order valence-electron chi connectivity index (χ3n) is 1.67. The van der Waals surface area contributed by atoms with Crippen molar-refractivity contribution in [2.45, 2.75) is 6.92 Å². The van der Waals surface area contributed by atoms with Gasteiger partial charge in [0.2, 0.25) is 0 Å². The van der Waals surface area contributed by atoms with Crippen LogP contribution in [0.25, 0.3) is 0 Å². The molecule has 1 amide bonds. The molecule has 1 aliphatic heterocycles. The molecule has 0 aromatic rings. The van der Waals surface area contributed by atoms with Crippen LogP contribution in [0, 0.1) is 0 Å². The summed E-state index contributed by atoms with van der Waals surface area (Å²) in [6.07, 6.45) is 1.75. The fourth-order valence-electron chi connectivity index (χ4n) is 0.983. The lowest BCUT2D eigenvalue weighted by atomic mass is 10.1. The molecule has 1 heterocycles. The number of hydrogen-bond donors (Lipinski definition) is 0. The van der Waals surface area contributed by atoms with E-state index in [1.807, 2.05) is 6.92 Å². The Kier molecular flexibility index (Phi) is 2.08. The number of carbonyl (C=O) groups is 1. The smallest absolute Gasteiger partial charge is 0.251 e. The lowest BCUT2D eigenvalue weighted by Crippen LogP contribution is -2.24. The van der Waals surface area contributed by atoms with Gasteiger partial charge in [-0.15, -0.1) is 0 Å². The molecule has 0 unspecified atom stereocenters. The zero-order valence-corrected chi connectivity index (χ0v) is 7.09. The molecule has 0 N–H and O–H groups in total. The third kappa shape index (κ3) is 1.48. The second-order valence-electron chi connectivity index (χ2n) is 2.83. The van der Waals surface area contributed by atoms with E-state index < -0.39 is 0 Å². The minimum Gasteiger partial charge on any atom is -0.345 e. The summed E-state index contributed by atoms with van der Waals surface area (Å²) < 4.78 is 0. The van der Waals surface area contributed by atoms with Gasteiger partial charge in [-0.3, -0.25) is 9.79 Å². The Morgan fingerprint density at radius 2 is 2.27 bits per heavy atom. The fraction of sp³-hybridized carbons (Fsp3) is 0.500. The van der Waals surface area contributed by atoms with Gasteiger partial charge in [0.05, 0.1) is 6.54 Å². The maximum absolute atomic E-state index is 11.3. The van der Waals surface area contributed by atoms with Crippen LogP contribution in [-0.2, 0) is 4.79 Å². The number of amides is 1. The first-order valence-corrected chi connectivity index (χ1v) is 3.54. The molecule has 0 saturated heterocycles. The van der Waals surface area contributed by atoms with Crippen LogP contribution in [0.15, 0.2) is 16.1 Å². The van der Waals surface area contributed by atoms with E-state index >= 15 is 0 Å². The van der Waals surface area contributed by atoms with Gasteiger partial charge in [-0.1, -0.05) is 0 Å². The highest BCUT2D eigenvalue weighted by molar-refractivity contribution is 6.01. The van der Waals surface area contributed by atoms with Gasteiger partial charge < -0.3 is 4.90 Å². The highest BCUT2D eigenvalue weighted by Gasteiger charge is 2.16. The molecule has 0 aromatic heterocycles. The normalized spacial score (nSPS) is 15.9. The van der Waals surface area contributed by atoms with Crippen LogP contribution in [0.3, 0.4) is 0 Å². The Bertz CT molecular complexity index is 238. The number of likely N-dealkylation sites (N-methyl/N-ethyl adjacent to an activating group) is 1. The molecule has 11 heavy (non-hydrogen) atoms. The molecule has 1 rings (SSSR count). The van der Waals surface area contributed by atoms with E-state index in [1.54, 1.807) is 25.2 Å². The first-order chi connectivity index (χ1) is 5.13. The Labute approximate surface area is 66.4 Å². The first-order valence-electron chi connectivity index (χ1n) is 3.54.